The van der Waals surface area contributed by atoms with Crippen molar-refractivity contribution in [1.29, 1.82) is 0 Å². The standard InChI is InChI=1S/C31H51N3O6S/c1-20-10-9-11-30(6)31(38,40-30)17-24(39-27(36)16-25(35)29(4,5)28(37)22(3)14-20)21(2)15-23-19-41-26(33-23)18-32-12-13-34(7)8/h15,19-20,22,24-25,32,35,38H,9-14,16-18H2,1-8H3/t20-,22+,24-,25-,30+,31-/m0/s1. The number of hydrogen-bond acceptors (Lipinski definition) is 10. The number of thiazole rings is 1. The fourth-order valence-corrected chi connectivity index (χ4v) is 6.45. The largest absolute Gasteiger partial charge is 0.458 e. The quantitative estimate of drug-likeness (QED) is 0.243. The molecule has 0 radical (unpaired) electrons. The molecule has 1 aromatic heterocycles. The van der Waals surface area contributed by atoms with Gasteiger partial charge in [0.25, 0.3) is 0 Å². The highest BCUT2D eigenvalue weighted by Gasteiger charge is 2.66. The van der Waals surface area contributed by atoms with Crippen LogP contribution in [-0.2, 0) is 25.6 Å². The van der Waals surface area contributed by atoms with Gasteiger partial charge in [0.2, 0.25) is 0 Å². The third-order valence-corrected chi connectivity index (χ3v) is 9.63. The monoisotopic (exact) mass is 593 g/mol. The van der Waals surface area contributed by atoms with Crippen molar-refractivity contribution in [3.05, 3.63) is 21.7 Å². The van der Waals surface area contributed by atoms with Gasteiger partial charge in [-0.15, -0.1) is 11.3 Å². The summed E-state index contributed by atoms with van der Waals surface area (Å²) in [5.41, 5.74) is -0.357. The highest BCUT2D eigenvalue weighted by molar-refractivity contribution is 7.09. The van der Waals surface area contributed by atoms with E-state index < -0.39 is 35.0 Å². The lowest BCUT2D eigenvalue weighted by Crippen LogP contribution is -2.42. The minimum absolute atomic E-state index is 0.0493. The number of carbonyl (C=O) groups excluding carboxylic acids is 2. The molecule has 3 heterocycles. The molecular formula is C31H51N3O6S. The molecule has 0 saturated carbocycles. The normalized spacial score (nSPS) is 33.9. The molecule has 1 aromatic rings. The molecular weight excluding hydrogens is 542 g/mol. The molecule has 10 heteroatoms. The lowest BCUT2D eigenvalue weighted by Gasteiger charge is -2.32. The fraction of sp³-hybridized carbons (Fsp3) is 0.774. The molecule has 2 saturated heterocycles. The number of cyclic esters (lactones) is 1. The second-order valence-corrected chi connectivity index (χ2v) is 14.2. The fourth-order valence-electron chi connectivity index (χ4n) is 5.73. The summed E-state index contributed by atoms with van der Waals surface area (Å²) in [6.45, 7) is 13.6. The van der Waals surface area contributed by atoms with Gasteiger partial charge in [0.1, 0.15) is 22.5 Å². The van der Waals surface area contributed by atoms with Gasteiger partial charge in [-0.25, -0.2) is 4.98 Å². The van der Waals surface area contributed by atoms with Gasteiger partial charge in [0.05, 0.1) is 23.6 Å². The molecule has 0 amide bonds. The zero-order valence-corrected chi connectivity index (χ0v) is 27.0. The van der Waals surface area contributed by atoms with Gasteiger partial charge < -0.3 is 29.9 Å². The van der Waals surface area contributed by atoms with E-state index in [1.54, 1.807) is 25.2 Å². The molecule has 6 atom stereocenters. The van der Waals surface area contributed by atoms with Crippen LogP contribution in [0.4, 0.5) is 0 Å². The summed E-state index contributed by atoms with van der Waals surface area (Å²) in [5.74, 6) is -2.03. The molecule has 0 bridgehead atoms. The van der Waals surface area contributed by atoms with Gasteiger partial charge in [-0.05, 0) is 58.4 Å². The number of ether oxygens (including phenoxy) is 2. The Balaban J connectivity index is 1.80. The third-order valence-electron chi connectivity index (χ3n) is 8.76. The Bertz CT molecular complexity index is 1090. The lowest BCUT2D eigenvalue weighted by molar-refractivity contribution is -0.155. The summed E-state index contributed by atoms with van der Waals surface area (Å²) in [5, 5.41) is 28.6. The SMILES string of the molecule is CC(=Cc1csc(CNCCN(C)C)n1)[C@@H]1C[C@]2(O)O[C@]2(C)CCC[C@H](C)C[C@@H](C)C(=O)C(C)(C)[C@@H](O)CC(=O)O1. The average Bonchev–Trinajstić information content (AvgIpc) is 3.17. The number of nitrogens with zero attached hydrogens (tertiary/aromatic N) is 2. The van der Waals surface area contributed by atoms with Gasteiger partial charge in [0.15, 0.2) is 5.79 Å². The van der Waals surface area contributed by atoms with E-state index in [9.17, 15) is 19.8 Å². The highest BCUT2D eigenvalue weighted by atomic mass is 32.1. The van der Waals surface area contributed by atoms with Gasteiger partial charge in [-0.1, -0.05) is 40.5 Å². The summed E-state index contributed by atoms with van der Waals surface area (Å²) in [7, 11) is 4.07. The molecule has 0 aromatic carbocycles. The number of hydrogen-bond donors (Lipinski definition) is 3. The van der Waals surface area contributed by atoms with Crippen molar-refractivity contribution in [2.45, 2.75) is 110 Å². The van der Waals surface area contributed by atoms with E-state index >= 15 is 0 Å². The molecule has 2 aliphatic heterocycles. The Labute approximate surface area is 249 Å². The first-order valence-corrected chi connectivity index (χ1v) is 15.8. The molecule has 232 valence electrons. The van der Waals surface area contributed by atoms with Crippen molar-refractivity contribution in [3.63, 3.8) is 0 Å². The van der Waals surface area contributed by atoms with Crippen LogP contribution in [0.5, 0.6) is 0 Å². The summed E-state index contributed by atoms with van der Waals surface area (Å²) in [6, 6.07) is 0. The van der Waals surface area contributed by atoms with Gasteiger partial charge >= 0.3 is 5.97 Å². The number of rotatable bonds is 7. The summed E-state index contributed by atoms with van der Waals surface area (Å²) in [4.78, 5) is 33.2. The number of ketones is 1. The van der Waals surface area contributed by atoms with Crippen LogP contribution in [0, 0.1) is 17.3 Å². The van der Waals surface area contributed by atoms with E-state index in [4.69, 9.17) is 14.5 Å². The first-order chi connectivity index (χ1) is 19.1. The second-order valence-electron chi connectivity index (χ2n) is 13.3. The molecule has 0 spiro atoms. The maximum Gasteiger partial charge on any atom is 0.309 e. The molecule has 3 N–H and O–H groups in total. The summed E-state index contributed by atoms with van der Waals surface area (Å²) < 4.78 is 11.8. The zero-order valence-electron chi connectivity index (χ0n) is 26.2. The molecule has 9 nitrogen and oxygen atoms in total. The van der Waals surface area contributed by atoms with Crippen LogP contribution in [0.25, 0.3) is 6.08 Å². The van der Waals surface area contributed by atoms with E-state index in [0.717, 1.165) is 42.2 Å². The first-order valence-electron chi connectivity index (χ1n) is 14.9. The van der Waals surface area contributed by atoms with E-state index in [2.05, 4.69) is 17.1 Å². The van der Waals surface area contributed by atoms with Crippen molar-refractivity contribution in [3.8, 4) is 0 Å². The van der Waals surface area contributed by atoms with Crippen molar-refractivity contribution >= 4 is 29.2 Å². The number of fused-ring (bicyclic) bond motifs is 1. The number of esters is 1. The van der Waals surface area contributed by atoms with Crippen LogP contribution < -0.4 is 5.32 Å². The maximum absolute atomic E-state index is 13.3. The van der Waals surface area contributed by atoms with Crippen LogP contribution in [0.3, 0.4) is 0 Å². The van der Waals surface area contributed by atoms with E-state index in [0.29, 0.717) is 25.3 Å². The van der Waals surface area contributed by atoms with Crippen LogP contribution in [-0.4, -0.2) is 82.6 Å². The van der Waals surface area contributed by atoms with Crippen LogP contribution in [0.15, 0.2) is 11.0 Å². The molecule has 0 unspecified atom stereocenters. The predicted molar refractivity (Wildman–Crippen MR) is 161 cm³/mol. The number of likely N-dealkylation sites (N-methyl/N-ethyl adjacent to an activating group) is 1. The van der Waals surface area contributed by atoms with Gasteiger partial charge in [-0.3, -0.25) is 9.59 Å². The van der Waals surface area contributed by atoms with Crippen molar-refractivity contribution in [1.82, 2.24) is 15.2 Å². The van der Waals surface area contributed by atoms with E-state index in [-0.39, 0.29) is 24.5 Å². The Morgan fingerprint density at radius 3 is 2.66 bits per heavy atom. The van der Waals surface area contributed by atoms with Crippen molar-refractivity contribution in [2.75, 3.05) is 27.2 Å². The Morgan fingerprint density at radius 2 is 1.98 bits per heavy atom. The summed E-state index contributed by atoms with van der Waals surface area (Å²) in [6.07, 6.45) is 2.77. The maximum atomic E-state index is 13.3. The minimum Gasteiger partial charge on any atom is -0.458 e. The molecule has 0 aliphatic carbocycles. The third kappa shape index (κ3) is 8.91. The topological polar surface area (TPSA) is 125 Å². The van der Waals surface area contributed by atoms with Gasteiger partial charge in [-0.2, -0.15) is 0 Å². The molecule has 3 rings (SSSR count). The Kier molecular flexibility index (Phi) is 11.3. The Hall–Kier alpha value is -1.69. The number of carbonyl (C=O) groups is 2. The van der Waals surface area contributed by atoms with Crippen LogP contribution >= 0.6 is 11.3 Å². The number of aliphatic hydroxyl groups excluding tert-OH is 1. The number of aliphatic hydroxyl groups is 2. The predicted octanol–water partition coefficient (Wildman–Crippen LogP) is 4.17. The first kappa shape index (κ1) is 33.8. The van der Waals surface area contributed by atoms with Crippen molar-refractivity contribution in [2.24, 2.45) is 17.3 Å². The number of nitrogens with one attached hydrogen (secondary N) is 1. The van der Waals surface area contributed by atoms with Gasteiger partial charge in [0, 0.05) is 37.4 Å². The van der Waals surface area contributed by atoms with Crippen molar-refractivity contribution < 1.29 is 29.3 Å². The smallest absolute Gasteiger partial charge is 0.309 e. The van der Waals surface area contributed by atoms with Crippen LogP contribution in [0.1, 0.15) is 90.8 Å². The highest BCUT2D eigenvalue weighted by Crippen LogP contribution is 2.53. The number of epoxide rings is 1. The van der Waals surface area contributed by atoms with E-state index in [1.807, 2.05) is 46.3 Å². The number of Topliss-reactive ketones (excluding diaryl/α,β-unsaturated/α-hetero) is 1. The van der Waals surface area contributed by atoms with E-state index in [1.165, 1.54) is 0 Å². The van der Waals surface area contributed by atoms with Crippen LogP contribution in [0.2, 0.25) is 0 Å². The zero-order chi connectivity index (χ0) is 30.6. The molecule has 2 aliphatic rings. The second kappa shape index (κ2) is 13.7. The summed E-state index contributed by atoms with van der Waals surface area (Å²) >= 11 is 1.55. The Morgan fingerprint density at radius 1 is 1.27 bits per heavy atom. The average molecular weight is 594 g/mol. The minimum atomic E-state index is -1.42. The molecule has 41 heavy (non-hydrogen) atoms. The molecule has 2 fully saturated rings. The number of aromatic nitrogens is 1. The lowest BCUT2D eigenvalue weighted by atomic mass is 9.74.